The molecule has 0 saturated heterocycles. The smallest absolute Gasteiger partial charge is 0.319 e. The Hall–Kier alpha value is -1.55. The number of hydrogen-bond donors (Lipinski definition) is 1. The first-order chi connectivity index (χ1) is 7.83. The first-order valence-corrected chi connectivity index (χ1v) is 6.09. The average molecular weight is 235 g/mol. The molecule has 0 spiro atoms. The van der Waals surface area contributed by atoms with Crippen molar-refractivity contribution in [1.29, 1.82) is 0 Å². The minimum atomic E-state index is -0.332. The number of aromatic nitrogens is 1. The summed E-state index contributed by atoms with van der Waals surface area (Å²) in [6, 6.07) is 5.74. The van der Waals surface area contributed by atoms with E-state index in [1.807, 2.05) is 42.1 Å². The second kappa shape index (κ2) is 4.99. The fourth-order valence-electron chi connectivity index (χ4n) is 1.63. The Kier molecular flexibility index (Phi) is 3.41. The molecule has 0 bridgehead atoms. The van der Waals surface area contributed by atoms with Crippen LogP contribution in [0.3, 0.4) is 0 Å². The van der Waals surface area contributed by atoms with Gasteiger partial charge in [-0.2, -0.15) is 11.3 Å². The number of hydrogen-bond acceptors (Lipinski definition) is 3. The van der Waals surface area contributed by atoms with Crippen LogP contribution >= 0.6 is 11.3 Å². The second-order valence-electron chi connectivity index (χ2n) is 3.37. The van der Waals surface area contributed by atoms with Crippen molar-refractivity contribution < 1.29 is 9.53 Å². The standard InChI is InChI=1S/C12H13NO2S/c1-2-15-12(14)11(9-5-7-16-8-9)10-4-3-6-13-10/h3-8,11,13H,2H2,1H3. The zero-order chi connectivity index (χ0) is 11.4. The molecule has 1 unspecified atom stereocenters. The van der Waals surface area contributed by atoms with E-state index in [0.29, 0.717) is 6.61 Å². The minimum Gasteiger partial charge on any atom is -0.465 e. The molecule has 0 amide bonds. The van der Waals surface area contributed by atoms with Crippen LogP contribution in [0.4, 0.5) is 0 Å². The molecule has 84 valence electrons. The van der Waals surface area contributed by atoms with Gasteiger partial charge >= 0.3 is 5.97 Å². The summed E-state index contributed by atoms with van der Waals surface area (Å²) in [7, 11) is 0. The van der Waals surface area contributed by atoms with Crippen molar-refractivity contribution in [3.05, 3.63) is 46.4 Å². The summed E-state index contributed by atoms with van der Waals surface area (Å²) < 4.78 is 5.10. The molecule has 0 fully saturated rings. The zero-order valence-electron chi connectivity index (χ0n) is 8.97. The van der Waals surface area contributed by atoms with Crippen LogP contribution in [-0.4, -0.2) is 17.6 Å². The summed E-state index contributed by atoms with van der Waals surface area (Å²) in [5, 5.41) is 3.94. The van der Waals surface area contributed by atoms with Crippen LogP contribution in [0.25, 0.3) is 0 Å². The number of esters is 1. The van der Waals surface area contributed by atoms with Crippen LogP contribution in [0.5, 0.6) is 0 Å². The van der Waals surface area contributed by atoms with Crippen LogP contribution in [0, 0.1) is 0 Å². The fourth-order valence-corrected chi connectivity index (χ4v) is 2.32. The molecule has 0 saturated carbocycles. The molecular weight excluding hydrogens is 222 g/mol. The van der Waals surface area contributed by atoms with Crippen LogP contribution < -0.4 is 0 Å². The van der Waals surface area contributed by atoms with Gasteiger partial charge in [-0.05, 0) is 41.4 Å². The highest BCUT2D eigenvalue weighted by atomic mass is 32.1. The largest absolute Gasteiger partial charge is 0.465 e. The number of nitrogens with one attached hydrogen (secondary N) is 1. The summed E-state index contributed by atoms with van der Waals surface area (Å²) in [4.78, 5) is 15.0. The maximum Gasteiger partial charge on any atom is 0.319 e. The summed E-state index contributed by atoms with van der Waals surface area (Å²) in [5.74, 6) is -0.537. The second-order valence-corrected chi connectivity index (χ2v) is 4.15. The molecule has 0 aromatic carbocycles. The Bertz CT molecular complexity index is 399. The molecule has 4 heteroatoms. The lowest BCUT2D eigenvalue weighted by molar-refractivity contribution is -0.143. The van der Waals surface area contributed by atoms with Gasteiger partial charge in [-0.15, -0.1) is 0 Å². The SMILES string of the molecule is CCOC(=O)C(c1ccsc1)c1ccc[nH]1. The van der Waals surface area contributed by atoms with Crippen LogP contribution in [0.2, 0.25) is 0 Å². The van der Waals surface area contributed by atoms with E-state index in [9.17, 15) is 4.79 Å². The highest BCUT2D eigenvalue weighted by Crippen LogP contribution is 2.26. The quantitative estimate of drug-likeness (QED) is 0.828. The molecule has 2 aromatic rings. The van der Waals surface area contributed by atoms with Gasteiger partial charge in [0.05, 0.1) is 6.61 Å². The van der Waals surface area contributed by atoms with Crippen molar-refractivity contribution in [2.45, 2.75) is 12.8 Å². The van der Waals surface area contributed by atoms with E-state index in [-0.39, 0.29) is 11.9 Å². The van der Waals surface area contributed by atoms with E-state index in [1.165, 1.54) is 0 Å². The van der Waals surface area contributed by atoms with E-state index in [1.54, 1.807) is 11.3 Å². The molecule has 2 heterocycles. The molecule has 3 nitrogen and oxygen atoms in total. The molecule has 0 aliphatic heterocycles. The summed E-state index contributed by atoms with van der Waals surface area (Å²) in [6.45, 7) is 2.22. The van der Waals surface area contributed by atoms with Gasteiger partial charge in [0.25, 0.3) is 0 Å². The molecule has 2 rings (SSSR count). The molecule has 1 atom stereocenters. The Labute approximate surface area is 98.1 Å². The number of carbonyl (C=O) groups excluding carboxylic acids is 1. The molecule has 0 aliphatic carbocycles. The number of thiophene rings is 1. The van der Waals surface area contributed by atoms with Crippen molar-refractivity contribution in [2.75, 3.05) is 6.61 Å². The first kappa shape index (κ1) is 11.0. The third-order valence-corrected chi connectivity index (χ3v) is 3.03. The summed E-state index contributed by atoms with van der Waals surface area (Å²) >= 11 is 1.58. The maximum absolute atomic E-state index is 11.9. The number of H-pyrrole nitrogens is 1. The molecular formula is C12H13NO2S. The Morgan fingerprint density at radius 1 is 1.56 bits per heavy atom. The summed E-state index contributed by atoms with van der Waals surface area (Å²) in [5.41, 5.74) is 1.85. The van der Waals surface area contributed by atoms with Gasteiger partial charge in [0.1, 0.15) is 5.92 Å². The minimum absolute atomic E-state index is 0.205. The lowest BCUT2D eigenvalue weighted by atomic mass is 9.99. The van der Waals surface area contributed by atoms with Crippen LogP contribution in [0.1, 0.15) is 24.1 Å². The topological polar surface area (TPSA) is 42.1 Å². The Morgan fingerprint density at radius 2 is 2.44 bits per heavy atom. The Morgan fingerprint density at radius 3 is 3.00 bits per heavy atom. The molecule has 0 aliphatic rings. The molecule has 0 radical (unpaired) electrons. The van der Waals surface area contributed by atoms with Crippen molar-refractivity contribution in [2.24, 2.45) is 0 Å². The predicted octanol–water partition coefficient (Wildman–Crippen LogP) is 2.77. The van der Waals surface area contributed by atoms with E-state index in [2.05, 4.69) is 4.98 Å². The van der Waals surface area contributed by atoms with Gasteiger partial charge in [0, 0.05) is 11.9 Å². The fraction of sp³-hybridized carbons (Fsp3) is 0.250. The zero-order valence-corrected chi connectivity index (χ0v) is 9.79. The Balaban J connectivity index is 2.31. The van der Waals surface area contributed by atoms with Crippen molar-refractivity contribution in [3.63, 3.8) is 0 Å². The molecule has 2 aromatic heterocycles. The summed E-state index contributed by atoms with van der Waals surface area (Å²) in [6.07, 6.45) is 1.81. The van der Waals surface area contributed by atoms with E-state index < -0.39 is 0 Å². The van der Waals surface area contributed by atoms with Crippen molar-refractivity contribution >= 4 is 17.3 Å². The predicted molar refractivity (Wildman–Crippen MR) is 63.6 cm³/mol. The lowest BCUT2D eigenvalue weighted by Gasteiger charge is -2.12. The molecule has 16 heavy (non-hydrogen) atoms. The third-order valence-electron chi connectivity index (χ3n) is 2.33. The number of ether oxygens (including phenoxy) is 1. The average Bonchev–Trinajstić information content (AvgIpc) is 2.91. The highest BCUT2D eigenvalue weighted by Gasteiger charge is 2.25. The lowest BCUT2D eigenvalue weighted by Crippen LogP contribution is -2.17. The van der Waals surface area contributed by atoms with Crippen molar-refractivity contribution in [3.8, 4) is 0 Å². The third kappa shape index (κ3) is 2.17. The van der Waals surface area contributed by atoms with E-state index >= 15 is 0 Å². The van der Waals surface area contributed by atoms with E-state index in [0.717, 1.165) is 11.3 Å². The normalized spacial score (nSPS) is 12.3. The van der Waals surface area contributed by atoms with Gasteiger partial charge < -0.3 is 9.72 Å². The number of aromatic amines is 1. The monoisotopic (exact) mass is 235 g/mol. The first-order valence-electron chi connectivity index (χ1n) is 5.15. The van der Waals surface area contributed by atoms with Crippen LogP contribution in [-0.2, 0) is 9.53 Å². The number of carbonyl (C=O) groups is 1. The van der Waals surface area contributed by atoms with Crippen LogP contribution in [0.15, 0.2) is 35.2 Å². The van der Waals surface area contributed by atoms with Crippen molar-refractivity contribution in [1.82, 2.24) is 4.98 Å². The van der Waals surface area contributed by atoms with Gasteiger partial charge in [-0.3, -0.25) is 4.79 Å². The maximum atomic E-state index is 11.9. The van der Waals surface area contributed by atoms with Gasteiger partial charge in [0.2, 0.25) is 0 Å². The van der Waals surface area contributed by atoms with Gasteiger partial charge in [0.15, 0.2) is 0 Å². The molecule has 1 N–H and O–H groups in total. The van der Waals surface area contributed by atoms with Gasteiger partial charge in [-0.1, -0.05) is 0 Å². The highest BCUT2D eigenvalue weighted by molar-refractivity contribution is 7.08. The van der Waals surface area contributed by atoms with E-state index in [4.69, 9.17) is 4.74 Å². The number of rotatable bonds is 4. The van der Waals surface area contributed by atoms with Gasteiger partial charge in [-0.25, -0.2) is 0 Å².